The van der Waals surface area contributed by atoms with E-state index in [2.05, 4.69) is 30.6 Å². The summed E-state index contributed by atoms with van der Waals surface area (Å²) in [6.45, 7) is 8.07. The van der Waals surface area contributed by atoms with E-state index in [-0.39, 0.29) is 0 Å². The first-order chi connectivity index (χ1) is 8.04. The summed E-state index contributed by atoms with van der Waals surface area (Å²) in [6.07, 6.45) is 2.14. The van der Waals surface area contributed by atoms with Crippen LogP contribution in [-0.2, 0) is 6.54 Å². The summed E-state index contributed by atoms with van der Waals surface area (Å²) in [4.78, 5) is 0. The fraction of sp³-hybridized carbons (Fsp3) is 0.571. The average Bonchev–Trinajstić information content (AvgIpc) is 2.26. The molecule has 1 aromatic rings. The third-order valence-corrected chi connectivity index (χ3v) is 3.73. The van der Waals surface area contributed by atoms with Crippen molar-refractivity contribution in [2.75, 3.05) is 18.6 Å². The number of benzene rings is 1. The van der Waals surface area contributed by atoms with Gasteiger partial charge in [0.1, 0.15) is 5.75 Å². The van der Waals surface area contributed by atoms with E-state index in [4.69, 9.17) is 0 Å². The van der Waals surface area contributed by atoms with Gasteiger partial charge in [0.2, 0.25) is 0 Å². The molecule has 0 aliphatic carbocycles. The Kier molecular flexibility index (Phi) is 5.86. The molecule has 0 aromatic heterocycles. The van der Waals surface area contributed by atoms with Crippen molar-refractivity contribution in [3.8, 4) is 5.75 Å². The van der Waals surface area contributed by atoms with E-state index in [0.717, 1.165) is 24.2 Å². The maximum absolute atomic E-state index is 9.69. The Labute approximate surface area is 109 Å². The molecule has 2 N–H and O–H groups in total. The minimum absolute atomic E-state index is 0.421. The number of hydrogen-bond donors (Lipinski definition) is 2. The lowest BCUT2D eigenvalue weighted by molar-refractivity contribution is 0.466. The SMILES string of the molecule is CSCC(C)CNCc1cc(C)c(O)c(C)c1. The van der Waals surface area contributed by atoms with Crippen LogP contribution in [0, 0.1) is 19.8 Å². The first kappa shape index (κ1) is 14.4. The van der Waals surface area contributed by atoms with Crippen molar-refractivity contribution in [2.24, 2.45) is 5.92 Å². The lowest BCUT2D eigenvalue weighted by Gasteiger charge is -2.12. The number of phenolic OH excluding ortho intramolecular Hbond substituents is 1. The molecule has 17 heavy (non-hydrogen) atoms. The second-order valence-corrected chi connectivity index (χ2v) is 5.68. The standard InChI is InChI=1S/C14H23NOS/c1-10(9-17-4)7-15-8-13-5-11(2)14(16)12(3)6-13/h5-6,10,15-16H,7-9H2,1-4H3. The van der Waals surface area contributed by atoms with Crippen LogP contribution in [0.25, 0.3) is 0 Å². The molecule has 0 bridgehead atoms. The molecule has 0 fully saturated rings. The highest BCUT2D eigenvalue weighted by Crippen LogP contribution is 2.22. The number of thioether (sulfide) groups is 1. The van der Waals surface area contributed by atoms with Crippen LogP contribution in [-0.4, -0.2) is 23.7 Å². The lowest BCUT2D eigenvalue weighted by atomic mass is 10.1. The number of hydrogen-bond acceptors (Lipinski definition) is 3. The van der Waals surface area contributed by atoms with Gasteiger partial charge < -0.3 is 10.4 Å². The minimum Gasteiger partial charge on any atom is -0.507 e. The minimum atomic E-state index is 0.421. The molecular formula is C14H23NOS. The molecule has 1 atom stereocenters. The van der Waals surface area contributed by atoms with Crippen molar-refractivity contribution < 1.29 is 5.11 Å². The van der Waals surface area contributed by atoms with E-state index in [1.807, 2.05) is 25.6 Å². The Bertz CT molecular complexity index is 342. The highest BCUT2D eigenvalue weighted by molar-refractivity contribution is 7.98. The Morgan fingerprint density at radius 1 is 1.29 bits per heavy atom. The zero-order chi connectivity index (χ0) is 12.8. The van der Waals surface area contributed by atoms with Gasteiger partial charge >= 0.3 is 0 Å². The largest absolute Gasteiger partial charge is 0.507 e. The summed E-state index contributed by atoms with van der Waals surface area (Å²) < 4.78 is 0. The van der Waals surface area contributed by atoms with Crippen molar-refractivity contribution in [3.63, 3.8) is 0 Å². The van der Waals surface area contributed by atoms with Crippen LogP contribution >= 0.6 is 11.8 Å². The van der Waals surface area contributed by atoms with E-state index in [9.17, 15) is 5.11 Å². The number of phenols is 1. The second-order valence-electron chi connectivity index (χ2n) is 4.77. The van der Waals surface area contributed by atoms with Gasteiger partial charge in [-0.15, -0.1) is 0 Å². The molecule has 2 nitrogen and oxygen atoms in total. The molecule has 96 valence electrons. The number of aryl methyl sites for hydroxylation is 2. The maximum Gasteiger partial charge on any atom is 0.121 e. The third-order valence-electron chi connectivity index (χ3n) is 2.82. The van der Waals surface area contributed by atoms with Gasteiger partial charge in [0.15, 0.2) is 0 Å². The van der Waals surface area contributed by atoms with Crippen molar-refractivity contribution in [1.82, 2.24) is 5.32 Å². The Morgan fingerprint density at radius 2 is 1.88 bits per heavy atom. The molecule has 0 spiro atoms. The van der Waals surface area contributed by atoms with Crippen molar-refractivity contribution >= 4 is 11.8 Å². The summed E-state index contributed by atoms with van der Waals surface area (Å²) in [5, 5.41) is 13.2. The summed E-state index contributed by atoms with van der Waals surface area (Å²) >= 11 is 1.89. The zero-order valence-electron chi connectivity index (χ0n) is 11.2. The van der Waals surface area contributed by atoms with Crippen molar-refractivity contribution in [3.05, 3.63) is 28.8 Å². The fourth-order valence-electron chi connectivity index (χ4n) is 1.95. The Morgan fingerprint density at radius 3 is 2.41 bits per heavy atom. The fourth-order valence-corrected chi connectivity index (χ4v) is 2.64. The molecule has 0 aliphatic heterocycles. The first-order valence-electron chi connectivity index (χ1n) is 6.03. The number of rotatable bonds is 6. The molecule has 0 heterocycles. The highest BCUT2D eigenvalue weighted by Gasteiger charge is 2.04. The Balaban J connectivity index is 2.47. The van der Waals surface area contributed by atoms with E-state index in [1.165, 1.54) is 11.3 Å². The summed E-state index contributed by atoms with van der Waals surface area (Å²) in [7, 11) is 0. The summed E-state index contributed by atoms with van der Waals surface area (Å²) in [5.41, 5.74) is 3.16. The van der Waals surface area contributed by atoms with Crippen molar-refractivity contribution in [1.29, 1.82) is 0 Å². The molecule has 0 radical (unpaired) electrons. The topological polar surface area (TPSA) is 32.3 Å². The molecule has 1 unspecified atom stereocenters. The van der Waals surface area contributed by atoms with Crippen LogP contribution in [0.15, 0.2) is 12.1 Å². The summed E-state index contributed by atoms with van der Waals surface area (Å²) in [5.74, 6) is 2.31. The monoisotopic (exact) mass is 253 g/mol. The van der Waals surface area contributed by atoms with Crippen LogP contribution in [0.1, 0.15) is 23.6 Å². The zero-order valence-corrected chi connectivity index (χ0v) is 12.0. The van der Waals surface area contributed by atoms with Crippen LogP contribution in [0.4, 0.5) is 0 Å². The highest BCUT2D eigenvalue weighted by atomic mass is 32.2. The average molecular weight is 253 g/mol. The normalized spacial score (nSPS) is 12.7. The third kappa shape index (κ3) is 4.60. The van der Waals surface area contributed by atoms with E-state index >= 15 is 0 Å². The van der Waals surface area contributed by atoms with Crippen molar-refractivity contribution in [2.45, 2.75) is 27.3 Å². The van der Waals surface area contributed by atoms with Gasteiger partial charge in [0, 0.05) is 6.54 Å². The predicted octanol–water partition coefficient (Wildman–Crippen LogP) is 3.10. The maximum atomic E-state index is 9.69. The van der Waals surface area contributed by atoms with Crippen LogP contribution in [0.3, 0.4) is 0 Å². The van der Waals surface area contributed by atoms with Crippen LogP contribution in [0.2, 0.25) is 0 Å². The molecule has 0 saturated carbocycles. The van der Waals surface area contributed by atoms with Crippen LogP contribution < -0.4 is 5.32 Å². The van der Waals surface area contributed by atoms with E-state index < -0.39 is 0 Å². The Hall–Kier alpha value is -0.670. The molecule has 3 heteroatoms. The molecule has 1 rings (SSSR count). The van der Waals surface area contributed by atoms with Gasteiger partial charge in [-0.05, 0) is 55.0 Å². The van der Waals surface area contributed by atoms with E-state index in [1.54, 1.807) is 0 Å². The molecular weight excluding hydrogens is 230 g/mol. The second kappa shape index (κ2) is 6.92. The quantitative estimate of drug-likeness (QED) is 0.817. The molecule has 0 aliphatic rings. The first-order valence-corrected chi connectivity index (χ1v) is 7.42. The van der Waals surface area contributed by atoms with Gasteiger partial charge in [-0.3, -0.25) is 0 Å². The smallest absolute Gasteiger partial charge is 0.121 e. The molecule has 0 amide bonds. The van der Waals surface area contributed by atoms with Crippen LogP contribution in [0.5, 0.6) is 5.75 Å². The van der Waals surface area contributed by atoms with Gasteiger partial charge in [0.05, 0.1) is 0 Å². The van der Waals surface area contributed by atoms with Gasteiger partial charge in [-0.2, -0.15) is 11.8 Å². The predicted molar refractivity (Wildman–Crippen MR) is 76.8 cm³/mol. The lowest BCUT2D eigenvalue weighted by Crippen LogP contribution is -2.22. The van der Waals surface area contributed by atoms with Gasteiger partial charge in [-0.25, -0.2) is 0 Å². The number of nitrogens with one attached hydrogen (secondary N) is 1. The summed E-state index contributed by atoms with van der Waals surface area (Å²) in [6, 6.07) is 4.10. The molecule has 0 saturated heterocycles. The molecule has 1 aromatic carbocycles. The van der Waals surface area contributed by atoms with E-state index in [0.29, 0.717) is 11.7 Å². The van der Waals surface area contributed by atoms with Gasteiger partial charge in [-0.1, -0.05) is 19.1 Å². The number of aromatic hydroxyl groups is 1. The van der Waals surface area contributed by atoms with Gasteiger partial charge in [0.25, 0.3) is 0 Å².